The van der Waals surface area contributed by atoms with E-state index < -0.39 is 9.84 Å². The maximum absolute atomic E-state index is 13.4. The Morgan fingerprint density at radius 3 is 2.52 bits per heavy atom. The number of sulfone groups is 1. The van der Waals surface area contributed by atoms with Gasteiger partial charge in [-0.15, -0.1) is 24.0 Å². The van der Waals surface area contributed by atoms with E-state index >= 15 is 0 Å². The van der Waals surface area contributed by atoms with Crippen molar-refractivity contribution in [3.8, 4) is 0 Å². The van der Waals surface area contributed by atoms with Gasteiger partial charge in [0.1, 0.15) is 5.82 Å². The quantitative estimate of drug-likeness (QED) is 0.409. The van der Waals surface area contributed by atoms with Gasteiger partial charge in [-0.2, -0.15) is 0 Å². The molecule has 1 rings (SSSR count). The molecule has 0 atom stereocenters. The highest BCUT2D eigenvalue weighted by molar-refractivity contribution is 14.0. The smallest absolute Gasteiger partial charge is 0.191 e. The van der Waals surface area contributed by atoms with Gasteiger partial charge in [0.15, 0.2) is 15.8 Å². The molecule has 0 spiro atoms. The van der Waals surface area contributed by atoms with E-state index in [0.717, 1.165) is 0 Å². The minimum atomic E-state index is -3.00. The molecular formula is C13H21FIN3O2S. The fraction of sp³-hybridized carbons (Fsp3) is 0.462. The fourth-order valence-electron chi connectivity index (χ4n) is 1.51. The van der Waals surface area contributed by atoms with Crippen LogP contribution in [-0.4, -0.2) is 39.5 Å². The third-order valence-corrected chi connectivity index (χ3v) is 4.48. The highest BCUT2D eigenvalue weighted by Gasteiger charge is 2.07. The van der Waals surface area contributed by atoms with Crippen LogP contribution in [0.2, 0.25) is 0 Å². The molecule has 0 heterocycles. The van der Waals surface area contributed by atoms with E-state index in [4.69, 9.17) is 0 Å². The van der Waals surface area contributed by atoms with Crippen molar-refractivity contribution in [2.24, 2.45) is 4.99 Å². The molecule has 0 saturated carbocycles. The van der Waals surface area contributed by atoms with Crippen molar-refractivity contribution in [1.29, 1.82) is 0 Å². The Morgan fingerprint density at radius 2 is 1.95 bits per heavy atom. The van der Waals surface area contributed by atoms with Crippen LogP contribution in [0, 0.1) is 5.82 Å². The monoisotopic (exact) mass is 429 g/mol. The van der Waals surface area contributed by atoms with Gasteiger partial charge in [-0.3, -0.25) is 4.99 Å². The molecule has 0 aromatic heterocycles. The molecule has 0 fully saturated rings. The standard InChI is InChI=1S/C13H20FN3O2S.HI/c1-3-20(18,19)9-8-16-13(15-2)17-10-11-6-4-5-7-12(11)14;/h4-7H,3,8-10H2,1-2H3,(H2,15,16,17);1H. The summed E-state index contributed by atoms with van der Waals surface area (Å²) in [5.41, 5.74) is 0.525. The van der Waals surface area contributed by atoms with Crippen LogP contribution in [-0.2, 0) is 16.4 Å². The Hall–Kier alpha value is -0.900. The molecule has 120 valence electrons. The highest BCUT2D eigenvalue weighted by atomic mass is 127. The van der Waals surface area contributed by atoms with Crippen molar-refractivity contribution in [1.82, 2.24) is 10.6 Å². The zero-order valence-corrected chi connectivity index (χ0v) is 15.2. The van der Waals surface area contributed by atoms with Gasteiger partial charge in [0.2, 0.25) is 0 Å². The van der Waals surface area contributed by atoms with E-state index in [1.54, 1.807) is 32.2 Å². The fourth-order valence-corrected chi connectivity index (χ4v) is 2.21. The molecule has 0 saturated heterocycles. The van der Waals surface area contributed by atoms with Crippen molar-refractivity contribution in [3.05, 3.63) is 35.6 Å². The van der Waals surface area contributed by atoms with Crippen molar-refractivity contribution in [3.63, 3.8) is 0 Å². The second kappa shape index (κ2) is 9.93. The second-order valence-electron chi connectivity index (χ2n) is 4.18. The zero-order chi connectivity index (χ0) is 15.0. The maximum atomic E-state index is 13.4. The van der Waals surface area contributed by atoms with E-state index in [9.17, 15) is 12.8 Å². The van der Waals surface area contributed by atoms with Crippen LogP contribution >= 0.6 is 24.0 Å². The topological polar surface area (TPSA) is 70.6 Å². The number of halogens is 2. The van der Waals surface area contributed by atoms with Gasteiger partial charge in [-0.05, 0) is 6.07 Å². The first-order valence-corrected chi connectivity index (χ1v) is 8.19. The zero-order valence-electron chi connectivity index (χ0n) is 12.1. The van der Waals surface area contributed by atoms with Crippen LogP contribution in [0.4, 0.5) is 4.39 Å². The van der Waals surface area contributed by atoms with Gasteiger partial charge in [0, 0.05) is 31.5 Å². The number of benzene rings is 1. The summed E-state index contributed by atoms with van der Waals surface area (Å²) in [6.45, 7) is 2.17. The summed E-state index contributed by atoms with van der Waals surface area (Å²) in [7, 11) is -1.43. The molecular weight excluding hydrogens is 408 g/mol. The summed E-state index contributed by atoms with van der Waals surface area (Å²) < 4.78 is 36.1. The van der Waals surface area contributed by atoms with Gasteiger partial charge < -0.3 is 10.6 Å². The van der Waals surface area contributed by atoms with Gasteiger partial charge in [-0.1, -0.05) is 25.1 Å². The molecule has 0 aliphatic heterocycles. The Balaban J connectivity index is 0.00000400. The van der Waals surface area contributed by atoms with Crippen LogP contribution in [0.5, 0.6) is 0 Å². The molecule has 0 unspecified atom stereocenters. The lowest BCUT2D eigenvalue weighted by molar-refractivity contribution is 0.595. The van der Waals surface area contributed by atoms with Crippen LogP contribution < -0.4 is 10.6 Å². The van der Waals surface area contributed by atoms with Crippen LogP contribution in [0.25, 0.3) is 0 Å². The van der Waals surface area contributed by atoms with Crippen LogP contribution in [0.1, 0.15) is 12.5 Å². The molecule has 0 bridgehead atoms. The van der Waals surface area contributed by atoms with Crippen molar-refractivity contribution < 1.29 is 12.8 Å². The van der Waals surface area contributed by atoms with Crippen LogP contribution in [0.3, 0.4) is 0 Å². The van der Waals surface area contributed by atoms with Gasteiger partial charge >= 0.3 is 0 Å². The Kier molecular flexibility index (Phi) is 9.51. The van der Waals surface area contributed by atoms with E-state index in [-0.39, 0.29) is 54.4 Å². The first kappa shape index (κ1) is 20.1. The third-order valence-electron chi connectivity index (χ3n) is 2.77. The SMILES string of the molecule is CCS(=O)(=O)CCNC(=NC)NCc1ccccc1F.I. The predicted molar refractivity (Wildman–Crippen MR) is 94.3 cm³/mol. The van der Waals surface area contributed by atoms with Crippen molar-refractivity contribution >= 4 is 39.8 Å². The Bertz CT molecular complexity index is 564. The molecule has 0 radical (unpaired) electrons. The largest absolute Gasteiger partial charge is 0.355 e. The summed E-state index contributed by atoms with van der Waals surface area (Å²) in [5, 5.41) is 5.82. The van der Waals surface area contributed by atoms with Crippen LogP contribution in [0.15, 0.2) is 29.3 Å². The summed E-state index contributed by atoms with van der Waals surface area (Å²) >= 11 is 0. The van der Waals surface area contributed by atoms with E-state index in [1.165, 1.54) is 6.07 Å². The number of aliphatic imine (C=N–C) groups is 1. The van der Waals surface area contributed by atoms with E-state index in [1.807, 2.05) is 0 Å². The van der Waals surface area contributed by atoms with Gasteiger partial charge in [0.25, 0.3) is 0 Å². The van der Waals surface area contributed by atoms with E-state index in [2.05, 4.69) is 15.6 Å². The highest BCUT2D eigenvalue weighted by Crippen LogP contribution is 2.05. The maximum Gasteiger partial charge on any atom is 0.191 e. The van der Waals surface area contributed by atoms with Gasteiger partial charge in [0.05, 0.1) is 5.75 Å². The summed E-state index contributed by atoms with van der Waals surface area (Å²) in [6.07, 6.45) is 0. The molecule has 1 aromatic carbocycles. The lowest BCUT2D eigenvalue weighted by Gasteiger charge is -2.12. The molecule has 8 heteroatoms. The predicted octanol–water partition coefficient (Wildman–Crippen LogP) is 1.54. The number of hydrogen-bond donors (Lipinski definition) is 2. The lowest BCUT2D eigenvalue weighted by Crippen LogP contribution is -2.39. The van der Waals surface area contributed by atoms with Crippen molar-refractivity contribution in [2.45, 2.75) is 13.5 Å². The van der Waals surface area contributed by atoms with E-state index in [0.29, 0.717) is 11.5 Å². The Morgan fingerprint density at radius 1 is 1.29 bits per heavy atom. The average molecular weight is 429 g/mol. The van der Waals surface area contributed by atoms with Crippen molar-refractivity contribution in [2.75, 3.05) is 25.1 Å². The third kappa shape index (κ3) is 7.60. The number of nitrogens with zero attached hydrogens (tertiary/aromatic N) is 1. The molecule has 5 nitrogen and oxygen atoms in total. The number of rotatable bonds is 6. The molecule has 0 amide bonds. The number of hydrogen-bond acceptors (Lipinski definition) is 3. The molecule has 0 aliphatic carbocycles. The minimum Gasteiger partial charge on any atom is -0.355 e. The second-order valence-corrected chi connectivity index (χ2v) is 6.65. The average Bonchev–Trinajstić information content (AvgIpc) is 2.44. The molecule has 0 aliphatic rings. The Labute approximate surface area is 142 Å². The molecule has 1 aromatic rings. The first-order valence-electron chi connectivity index (χ1n) is 6.37. The first-order chi connectivity index (χ1) is 9.48. The number of guanidine groups is 1. The summed E-state index contributed by atoms with van der Waals surface area (Å²) in [6, 6.07) is 6.45. The van der Waals surface area contributed by atoms with Gasteiger partial charge in [-0.25, -0.2) is 12.8 Å². The number of nitrogens with one attached hydrogen (secondary N) is 2. The lowest BCUT2D eigenvalue weighted by atomic mass is 10.2. The normalized spacial score (nSPS) is 11.7. The molecule has 21 heavy (non-hydrogen) atoms. The summed E-state index contributed by atoms with van der Waals surface area (Å²) in [4.78, 5) is 3.96. The molecule has 2 N–H and O–H groups in total. The minimum absolute atomic E-state index is 0. The summed E-state index contributed by atoms with van der Waals surface area (Å²) in [5.74, 6) is 0.323.